The van der Waals surface area contributed by atoms with Crippen molar-refractivity contribution in [3.8, 4) is 17.4 Å². The van der Waals surface area contributed by atoms with Gasteiger partial charge in [0.05, 0.1) is 22.1 Å². The van der Waals surface area contributed by atoms with Gasteiger partial charge in [0.2, 0.25) is 5.91 Å². The Hall–Kier alpha value is -3.59. The zero-order valence-corrected chi connectivity index (χ0v) is 20.3. The summed E-state index contributed by atoms with van der Waals surface area (Å²) in [6, 6.07) is 14.6. The van der Waals surface area contributed by atoms with E-state index in [-0.39, 0.29) is 14.9 Å². The van der Waals surface area contributed by atoms with Gasteiger partial charge in [0.15, 0.2) is 0 Å². The van der Waals surface area contributed by atoms with Gasteiger partial charge in [-0.25, -0.2) is 0 Å². The average molecular weight is 548 g/mol. The maximum atomic E-state index is 13.0. The molecule has 0 spiro atoms. The number of nitrogens with one attached hydrogen (secondary N) is 1. The Kier molecular flexibility index (Phi) is 7.21. The number of carbonyl (C=O) groups excluding carboxylic acids is 2. The van der Waals surface area contributed by atoms with Crippen LogP contribution in [0.2, 0.25) is 5.02 Å². The number of carbonyl (C=O) groups is 2. The van der Waals surface area contributed by atoms with Crippen molar-refractivity contribution in [3.05, 3.63) is 81.4 Å². The molecule has 0 saturated carbocycles. The molecule has 2 heterocycles. The Labute approximate surface area is 217 Å². The van der Waals surface area contributed by atoms with E-state index < -0.39 is 35.7 Å². The van der Waals surface area contributed by atoms with Crippen molar-refractivity contribution in [1.82, 2.24) is 4.90 Å². The van der Waals surface area contributed by atoms with Crippen LogP contribution in [0.25, 0.3) is 17.4 Å². The lowest BCUT2D eigenvalue weighted by molar-refractivity contribution is -0.137. The second-order valence-corrected chi connectivity index (χ2v) is 9.51. The lowest BCUT2D eigenvalue weighted by Gasteiger charge is -2.15. The maximum Gasteiger partial charge on any atom is 0.417 e. The molecule has 0 bridgehead atoms. The van der Waals surface area contributed by atoms with Crippen LogP contribution in [0.15, 0.2) is 63.9 Å². The number of amides is 2. The Balaban J connectivity index is 1.44. The van der Waals surface area contributed by atoms with E-state index in [0.717, 1.165) is 34.4 Å². The number of furan rings is 1. The second kappa shape index (κ2) is 10.2. The number of halogens is 4. The van der Waals surface area contributed by atoms with Gasteiger partial charge in [-0.1, -0.05) is 35.6 Å². The third kappa shape index (κ3) is 5.62. The summed E-state index contributed by atoms with van der Waals surface area (Å²) in [5.74, 6) is -0.242. The molecule has 1 saturated heterocycles. The molecule has 1 aliphatic heterocycles. The van der Waals surface area contributed by atoms with E-state index in [1.807, 2.05) is 0 Å². The molecule has 182 valence electrons. The van der Waals surface area contributed by atoms with Gasteiger partial charge < -0.3 is 9.73 Å². The van der Waals surface area contributed by atoms with Crippen LogP contribution >= 0.6 is 35.6 Å². The maximum absolute atomic E-state index is 13.0. The molecule has 1 N–H and O–H groups in total. The van der Waals surface area contributed by atoms with Gasteiger partial charge in [0, 0.05) is 22.3 Å². The zero-order chi connectivity index (χ0) is 26.0. The number of alkyl halides is 3. The van der Waals surface area contributed by atoms with Crippen LogP contribution in [-0.2, 0) is 15.8 Å². The molecule has 2 amide bonds. The van der Waals surface area contributed by atoms with E-state index >= 15 is 0 Å². The molecule has 1 fully saturated rings. The third-order valence-electron chi connectivity index (χ3n) is 4.93. The molecular formula is C24H13ClF3N3O3S2. The number of thiocarbonyl (C=S) groups is 1. The molecule has 6 nitrogen and oxygen atoms in total. The van der Waals surface area contributed by atoms with E-state index in [0.29, 0.717) is 22.6 Å². The van der Waals surface area contributed by atoms with Crippen LogP contribution < -0.4 is 5.32 Å². The first-order valence-electron chi connectivity index (χ1n) is 10.1. The van der Waals surface area contributed by atoms with Gasteiger partial charge in [0.1, 0.15) is 22.4 Å². The minimum absolute atomic E-state index is 0.0177. The molecule has 0 atom stereocenters. The molecule has 2 aromatic carbocycles. The topological polar surface area (TPSA) is 86.3 Å². The van der Waals surface area contributed by atoms with Crippen LogP contribution in [0.1, 0.15) is 16.9 Å². The summed E-state index contributed by atoms with van der Waals surface area (Å²) in [4.78, 5) is 26.6. The predicted octanol–water partition coefficient (Wildman–Crippen LogP) is 6.33. The van der Waals surface area contributed by atoms with Gasteiger partial charge in [-0.2, -0.15) is 18.4 Å². The molecule has 0 unspecified atom stereocenters. The Bertz CT molecular complexity index is 1440. The molecule has 12 heteroatoms. The molecular weight excluding hydrogens is 535 g/mol. The summed E-state index contributed by atoms with van der Waals surface area (Å²) in [7, 11) is 0. The number of rotatable bonds is 5. The fourth-order valence-electron chi connectivity index (χ4n) is 3.27. The van der Waals surface area contributed by atoms with E-state index in [1.54, 1.807) is 36.4 Å². The Morgan fingerprint density at radius 2 is 1.92 bits per heavy atom. The smallest absolute Gasteiger partial charge is 0.417 e. The SMILES string of the molecule is N#Cc1cc(NC(=O)CN2C(=O)/C(=C/c3ccc(-c4ccc(Cl)cc4)o3)SC2=S)ccc1C(F)(F)F. The lowest BCUT2D eigenvalue weighted by atomic mass is 10.1. The Morgan fingerprint density at radius 1 is 1.19 bits per heavy atom. The van der Waals surface area contributed by atoms with E-state index in [2.05, 4.69) is 5.32 Å². The predicted molar refractivity (Wildman–Crippen MR) is 134 cm³/mol. The molecule has 1 aliphatic rings. The highest BCUT2D eigenvalue weighted by Crippen LogP contribution is 2.35. The van der Waals surface area contributed by atoms with Gasteiger partial charge in [-0.15, -0.1) is 0 Å². The zero-order valence-electron chi connectivity index (χ0n) is 17.9. The third-order valence-corrected chi connectivity index (χ3v) is 6.56. The standard InChI is InChI=1S/C24H13ClF3N3O3S2/c25-15-3-1-13(2-4-15)19-8-6-17(34-19)10-20-22(33)31(23(35)36-20)12-21(32)30-16-5-7-18(24(26,27)28)14(9-16)11-29/h1-10H,12H2,(H,30,32)/b20-10-. The number of benzene rings is 2. The summed E-state index contributed by atoms with van der Waals surface area (Å²) in [6.45, 7) is -0.459. The lowest BCUT2D eigenvalue weighted by Crippen LogP contribution is -2.36. The van der Waals surface area contributed by atoms with E-state index in [9.17, 15) is 22.8 Å². The van der Waals surface area contributed by atoms with Gasteiger partial charge in [0.25, 0.3) is 5.91 Å². The quantitative estimate of drug-likeness (QED) is 0.297. The van der Waals surface area contributed by atoms with Crippen molar-refractivity contribution < 1.29 is 27.2 Å². The number of hydrogen-bond acceptors (Lipinski definition) is 6. The van der Waals surface area contributed by atoms with E-state index in [4.69, 9.17) is 33.5 Å². The molecule has 4 rings (SSSR count). The van der Waals surface area contributed by atoms with Crippen LogP contribution in [0, 0.1) is 11.3 Å². The number of thioether (sulfide) groups is 1. The number of anilines is 1. The van der Waals surface area contributed by atoms with Gasteiger partial charge in [-0.3, -0.25) is 14.5 Å². The second-order valence-electron chi connectivity index (χ2n) is 7.39. The van der Waals surface area contributed by atoms with Crippen LogP contribution in [0.5, 0.6) is 0 Å². The largest absolute Gasteiger partial charge is 0.457 e. The number of nitrogens with zero attached hydrogens (tertiary/aromatic N) is 2. The molecule has 36 heavy (non-hydrogen) atoms. The van der Waals surface area contributed by atoms with Crippen molar-refractivity contribution in [2.75, 3.05) is 11.9 Å². The summed E-state index contributed by atoms with van der Waals surface area (Å²) in [5.41, 5.74) is -0.963. The van der Waals surface area contributed by atoms with Crippen LogP contribution in [0.4, 0.5) is 18.9 Å². The van der Waals surface area contributed by atoms with Crippen molar-refractivity contribution in [1.29, 1.82) is 5.26 Å². The highest BCUT2D eigenvalue weighted by molar-refractivity contribution is 8.26. The average Bonchev–Trinajstić information content (AvgIpc) is 3.39. The first-order chi connectivity index (χ1) is 17.0. The number of hydrogen-bond donors (Lipinski definition) is 1. The van der Waals surface area contributed by atoms with Crippen molar-refractivity contribution in [2.24, 2.45) is 0 Å². The summed E-state index contributed by atoms with van der Waals surface area (Å²) >= 11 is 12.1. The fourth-order valence-corrected chi connectivity index (χ4v) is 4.63. The molecule has 3 aromatic rings. The van der Waals surface area contributed by atoms with Crippen LogP contribution in [-0.4, -0.2) is 27.6 Å². The van der Waals surface area contributed by atoms with Crippen molar-refractivity contribution in [2.45, 2.75) is 6.18 Å². The Morgan fingerprint density at radius 3 is 2.58 bits per heavy atom. The van der Waals surface area contributed by atoms with Gasteiger partial charge in [-0.05, 0) is 54.6 Å². The highest BCUT2D eigenvalue weighted by atomic mass is 35.5. The highest BCUT2D eigenvalue weighted by Gasteiger charge is 2.35. The molecule has 1 aromatic heterocycles. The summed E-state index contributed by atoms with van der Waals surface area (Å²) < 4.78 is 44.8. The van der Waals surface area contributed by atoms with Crippen molar-refractivity contribution >= 4 is 63.5 Å². The van der Waals surface area contributed by atoms with E-state index in [1.165, 1.54) is 12.1 Å². The van der Waals surface area contributed by atoms with Gasteiger partial charge >= 0.3 is 6.18 Å². The minimum Gasteiger partial charge on any atom is -0.457 e. The molecule has 0 aliphatic carbocycles. The summed E-state index contributed by atoms with van der Waals surface area (Å²) in [5, 5.41) is 12.0. The first-order valence-corrected chi connectivity index (χ1v) is 11.7. The minimum atomic E-state index is -4.70. The normalized spacial score (nSPS) is 14.9. The molecule has 0 radical (unpaired) electrons. The fraction of sp³-hybridized carbons (Fsp3) is 0.0833. The number of nitriles is 1. The monoisotopic (exact) mass is 547 g/mol. The van der Waals surface area contributed by atoms with Crippen LogP contribution in [0.3, 0.4) is 0 Å². The van der Waals surface area contributed by atoms with Crippen molar-refractivity contribution in [3.63, 3.8) is 0 Å². The first kappa shape index (κ1) is 25.5. The summed E-state index contributed by atoms with van der Waals surface area (Å²) in [6.07, 6.45) is -3.20.